The number of hydrogen-bond donors (Lipinski definition) is 0. The molecule has 2 amide bonds. The Balaban J connectivity index is 1.69. The van der Waals surface area contributed by atoms with Crippen LogP contribution in [0, 0.1) is 11.3 Å². The Morgan fingerprint density at radius 3 is 2.57 bits per heavy atom. The smallest absolute Gasteiger partial charge is 0.360 e. The van der Waals surface area contributed by atoms with Crippen LogP contribution in [0.3, 0.4) is 0 Å². The number of anilines is 1. The van der Waals surface area contributed by atoms with Crippen molar-refractivity contribution in [2.24, 2.45) is 16.5 Å². The number of esters is 1. The molecule has 184 valence electrons. The number of imide groups is 1. The van der Waals surface area contributed by atoms with Gasteiger partial charge in [-0.2, -0.15) is 11.8 Å². The molecule has 0 radical (unpaired) electrons. The van der Waals surface area contributed by atoms with E-state index in [1.54, 1.807) is 48.2 Å². The number of hydrogen-bond acceptors (Lipinski definition) is 8. The molecule has 1 saturated carbocycles. The molecule has 1 heterocycles. The lowest BCUT2D eigenvalue weighted by molar-refractivity contribution is -0.133. The lowest BCUT2D eigenvalue weighted by Gasteiger charge is -2.27. The Labute approximate surface area is 217 Å². The molecule has 0 N–H and O–H groups in total. The van der Waals surface area contributed by atoms with Gasteiger partial charge >= 0.3 is 5.97 Å². The van der Waals surface area contributed by atoms with E-state index in [1.807, 2.05) is 25.3 Å². The van der Waals surface area contributed by atoms with Crippen molar-refractivity contribution in [3.8, 4) is 0 Å². The van der Waals surface area contributed by atoms with Crippen molar-refractivity contribution in [2.75, 3.05) is 31.1 Å². The minimum Gasteiger partial charge on any atom is -0.464 e. The minimum absolute atomic E-state index is 0.0392. The van der Waals surface area contributed by atoms with Gasteiger partial charge in [-0.05, 0) is 30.0 Å². The van der Waals surface area contributed by atoms with Crippen molar-refractivity contribution in [1.29, 1.82) is 0 Å². The second kappa shape index (κ2) is 9.87. The lowest BCUT2D eigenvalue weighted by atomic mass is 10.0. The summed E-state index contributed by atoms with van der Waals surface area (Å²) in [6, 6.07) is 14.0. The summed E-state index contributed by atoms with van der Waals surface area (Å²) in [5, 5.41) is 4.32. The highest BCUT2D eigenvalue weighted by molar-refractivity contribution is 8.01. The van der Waals surface area contributed by atoms with Crippen molar-refractivity contribution in [1.82, 2.24) is 0 Å². The molecule has 7 nitrogen and oxygen atoms in total. The minimum atomic E-state index is -0.910. The van der Waals surface area contributed by atoms with Crippen LogP contribution in [-0.4, -0.2) is 54.5 Å². The van der Waals surface area contributed by atoms with Gasteiger partial charge in [-0.25, -0.2) is 9.69 Å². The van der Waals surface area contributed by atoms with Crippen LogP contribution in [0.5, 0.6) is 0 Å². The summed E-state index contributed by atoms with van der Waals surface area (Å²) in [6.07, 6.45) is 1.97. The number of amides is 2. The van der Waals surface area contributed by atoms with Gasteiger partial charge in [-0.3, -0.25) is 9.59 Å². The van der Waals surface area contributed by atoms with Gasteiger partial charge in [0.2, 0.25) is 5.91 Å². The number of nitrogens with zero attached hydrogens (tertiary/aromatic N) is 2. The van der Waals surface area contributed by atoms with E-state index in [9.17, 15) is 14.4 Å². The summed E-state index contributed by atoms with van der Waals surface area (Å²) in [5.41, 5.74) is 1.37. The van der Waals surface area contributed by atoms with E-state index in [-0.39, 0.29) is 17.5 Å². The molecule has 0 aromatic heterocycles. The monoisotopic (exact) mass is 532 g/mol. The van der Waals surface area contributed by atoms with E-state index in [0.717, 1.165) is 5.56 Å². The Kier molecular flexibility index (Phi) is 7.22. The fourth-order valence-corrected chi connectivity index (χ4v) is 8.07. The third-order valence-corrected chi connectivity index (χ3v) is 9.51. The summed E-state index contributed by atoms with van der Waals surface area (Å²) in [6.45, 7) is 2.00. The molecule has 0 spiro atoms. The SMILES string of the molecule is CON=C(C(=O)OC)c1ccccc1CSC12C(=O)N(c3cccc(Cl)c3)C(=O)C1C2(C)CSC. The number of halogens is 1. The number of carbonyl (C=O) groups is 3. The van der Waals surface area contributed by atoms with E-state index in [0.29, 0.717) is 27.8 Å². The second-order valence-electron chi connectivity index (χ2n) is 8.54. The van der Waals surface area contributed by atoms with Crippen molar-refractivity contribution < 1.29 is 24.0 Å². The summed E-state index contributed by atoms with van der Waals surface area (Å²) in [5.74, 6) is -0.444. The van der Waals surface area contributed by atoms with Gasteiger partial charge in [-0.15, -0.1) is 11.8 Å². The van der Waals surface area contributed by atoms with Crippen LogP contribution >= 0.6 is 35.1 Å². The standard InChI is InChI=1S/C25H25ClN2O5S2/c1-24(14-34-4)20-21(29)28(17-10-7-9-16(26)12-17)23(31)25(20,24)35-13-15-8-5-6-11-18(15)19(27-33-3)22(30)32-2/h5-12,20H,13-14H2,1-4H3. The number of ether oxygens (including phenoxy) is 1. The second-order valence-corrected chi connectivity index (χ2v) is 11.1. The van der Waals surface area contributed by atoms with Crippen molar-refractivity contribution in [2.45, 2.75) is 17.4 Å². The van der Waals surface area contributed by atoms with Gasteiger partial charge in [0.25, 0.3) is 5.91 Å². The predicted octanol–water partition coefficient (Wildman–Crippen LogP) is 4.41. The zero-order valence-electron chi connectivity index (χ0n) is 19.7. The molecule has 1 aliphatic heterocycles. The van der Waals surface area contributed by atoms with E-state index >= 15 is 0 Å². The average Bonchev–Trinajstić information content (AvgIpc) is 3.29. The third kappa shape index (κ3) is 4.03. The summed E-state index contributed by atoms with van der Waals surface area (Å²) in [4.78, 5) is 45.9. The zero-order chi connectivity index (χ0) is 25.4. The van der Waals surface area contributed by atoms with Crippen LogP contribution in [-0.2, 0) is 29.7 Å². The van der Waals surface area contributed by atoms with Gasteiger partial charge in [0.05, 0.1) is 18.7 Å². The van der Waals surface area contributed by atoms with Crippen molar-refractivity contribution in [3.63, 3.8) is 0 Å². The number of thioether (sulfide) groups is 2. The molecule has 2 aromatic carbocycles. The van der Waals surface area contributed by atoms with Gasteiger partial charge in [0.1, 0.15) is 11.9 Å². The Morgan fingerprint density at radius 2 is 1.91 bits per heavy atom. The topological polar surface area (TPSA) is 85.3 Å². The van der Waals surface area contributed by atoms with Crippen LogP contribution in [0.2, 0.25) is 5.02 Å². The highest BCUT2D eigenvalue weighted by Crippen LogP contribution is 2.74. The molecular weight excluding hydrogens is 508 g/mol. The lowest BCUT2D eigenvalue weighted by Crippen LogP contribution is -2.42. The molecule has 10 heteroatoms. The fourth-order valence-electron chi connectivity index (χ4n) is 4.97. The van der Waals surface area contributed by atoms with Crippen LogP contribution in [0.4, 0.5) is 5.69 Å². The molecule has 3 atom stereocenters. The number of carbonyl (C=O) groups excluding carboxylic acids is 3. The maximum atomic E-state index is 13.9. The quantitative estimate of drug-likeness (QED) is 0.205. The van der Waals surface area contributed by atoms with Gasteiger partial charge in [0.15, 0.2) is 5.71 Å². The third-order valence-electron chi connectivity index (χ3n) is 6.60. The Morgan fingerprint density at radius 1 is 1.17 bits per heavy atom. The predicted molar refractivity (Wildman–Crippen MR) is 140 cm³/mol. The molecule has 1 saturated heterocycles. The molecule has 2 fully saturated rings. The van der Waals surface area contributed by atoms with Gasteiger partial charge in [-0.1, -0.05) is 54.0 Å². The van der Waals surface area contributed by atoms with E-state index in [1.165, 1.54) is 30.9 Å². The number of rotatable bonds is 9. The fraction of sp³-hybridized carbons (Fsp3) is 0.360. The van der Waals surface area contributed by atoms with E-state index in [4.69, 9.17) is 21.2 Å². The number of fused-ring (bicyclic) bond motifs is 1. The highest BCUT2D eigenvalue weighted by atomic mass is 35.5. The van der Waals surface area contributed by atoms with E-state index < -0.39 is 22.0 Å². The number of piperidine rings is 1. The molecule has 1 aliphatic carbocycles. The molecule has 35 heavy (non-hydrogen) atoms. The number of benzene rings is 2. The number of methoxy groups -OCH3 is 1. The maximum absolute atomic E-state index is 13.9. The summed E-state index contributed by atoms with van der Waals surface area (Å²) >= 11 is 9.20. The first-order valence-electron chi connectivity index (χ1n) is 10.8. The summed E-state index contributed by atoms with van der Waals surface area (Å²) in [7, 11) is 2.63. The molecule has 2 aliphatic rings. The van der Waals surface area contributed by atoms with Crippen LogP contribution < -0.4 is 4.90 Å². The average molecular weight is 533 g/mol. The number of oxime groups is 1. The van der Waals surface area contributed by atoms with Crippen LogP contribution in [0.1, 0.15) is 18.1 Å². The van der Waals surface area contributed by atoms with Gasteiger partial charge in [0, 0.05) is 27.5 Å². The first-order chi connectivity index (χ1) is 16.8. The van der Waals surface area contributed by atoms with Crippen molar-refractivity contribution in [3.05, 3.63) is 64.7 Å². The van der Waals surface area contributed by atoms with E-state index in [2.05, 4.69) is 5.16 Å². The summed E-state index contributed by atoms with van der Waals surface area (Å²) < 4.78 is 3.96. The molecule has 4 rings (SSSR count). The maximum Gasteiger partial charge on any atom is 0.360 e. The first kappa shape index (κ1) is 25.6. The zero-order valence-corrected chi connectivity index (χ0v) is 22.1. The molecular formula is C25H25ClN2O5S2. The van der Waals surface area contributed by atoms with Crippen LogP contribution in [0.25, 0.3) is 0 Å². The molecule has 0 bridgehead atoms. The largest absolute Gasteiger partial charge is 0.464 e. The van der Waals surface area contributed by atoms with Crippen molar-refractivity contribution >= 4 is 64.3 Å². The highest BCUT2D eigenvalue weighted by Gasteiger charge is 2.86. The Bertz CT molecular complexity index is 1220. The molecule has 3 unspecified atom stereocenters. The Hall–Kier alpha value is -2.49. The van der Waals surface area contributed by atoms with Gasteiger partial charge < -0.3 is 9.57 Å². The van der Waals surface area contributed by atoms with Crippen LogP contribution in [0.15, 0.2) is 53.7 Å². The normalized spacial score (nSPS) is 25.5. The first-order valence-corrected chi connectivity index (χ1v) is 13.6. The molecule has 2 aromatic rings.